The Labute approximate surface area is 116 Å². The van der Waals surface area contributed by atoms with Gasteiger partial charge in [0.25, 0.3) is 0 Å². The van der Waals surface area contributed by atoms with Crippen LogP contribution >= 0.6 is 15.9 Å². The summed E-state index contributed by atoms with van der Waals surface area (Å²) < 4.78 is 27.6. The van der Waals surface area contributed by atoms with Crippen LogP contribution in [0.2, 0.25) is 0 Å². The predicted octanol–water partition coefficient (Wildman–Crippen LogP) is 2.70. The molecule has 1 fully saturated rings. The maximum Gasteiger partial charge on any atom is 0.242 e. The molecule has 18 heavy (non-hydrogen) atoms. The zero-order valence-electron chi connectivity index (χ0n) is 10.3. The number of hydrogen-bond donors (Lipinski definition) is 1. The number of nitrogens with zero attached hydrogens (tertiary/aromatic N) is 1. The molecule has 1 aromatic heterocycles. The van der Waals surface area contributed by atoms with E-state index in [1.165, 1.54) is 6.20 Å². The third-order valence-electron chi connectivity index (χ3n) is 3.36. The summed E-state index contributed by atoms with van der Waals surface area (Å²) in [7, 11) is -3.44. The Morgan fingerprint density at radius 3 is 2.72 bits per heavy atom. The number of halogens is 1. The summed E-state index contributed by atoms with van der Waals surface area (Å²) in [6, 6.07) is 1.56. The molecule has 0 spiro atoms. The zero-order valence-corrected chi connectivity index (χ0v) is 12.7. The molecule has 0 saturated heterocycles. The summed E-state index contributed by atoms with van der Waals surface area (Å²) in [5.41, 5.74) is 0.210. The Hall–Kier alpha value is -0.460. The normalized spacial score (nSPS) is 17.7. The molecule has 1 N–H and O–H groups in total. The van der Waals surface area contributed by atoms with Gasteiger partial charge >= 0.3 is 0 Å². The van der Waals surface area contributed by atoms with Crippen LogP contribution in [0.3, 0.4) is 0 Å². The fraction of sp³-hybridized carbons (Fsp3) is 0.583. The molecule has 2 rings (SSSR count). The highest BCUT2D eigenvalue weighted by Gasteiger charge is 2.42. The van der Waals surface area contributed by atoms with Gasteiger partial charge in [0.15, 0.2) is 0 Å². The summed E-state index contributed by atoms with van der Waals surface area (Å²) in [6.45, 7) is 2.67. The second-order valence-corrected chi connectivity index (χ2v) is 7.60. The van der Waals surface area contributed by atoms with Gasteiger partial charge in [-0.1, -0.05) is 13.3 Å². The van der Waals surface area contributed by atoms with Crippen molar-refractivity contribution in [1.29, 1.82) is 0 Å². The van der Waals surface area contributed by atoms with Crippen LogP contribution < -0.4 is 4.72 Å². The Morgan fingerprint density at radius 2 is 2.17 bits per heavy atom. The summed E-state index contributed by atoms with van der Waals surface area (Å²) >= 11 is 3.23. The maximum atomic E-state index is 12.1. The van der Waals surface area contributed by atoms with Crippen molar-refractivity contribution in [3.05, 3.63) is 22.9 Å². The van der Waals surface area contributed by atoms with Gasteiger partial charge in [0.05, 0.1) is 0 Å². The van der Waals surface area contributed by atoms with Crippen molar-refractivity contribution in [2.45, 2.75) is 37.5 Å². The Kier molecular flexibility index (Phi) is 4.08. The Bertz CT molecular complexity index is 527. The van der Waals surface area contributed by atoms with E-state index < -0.39 is 10.0 Å². The average Bonchev–Trinajstić information content (AvgIpc) is 3.08. The van der Waals surface area contributed by atoms with E-state index in [1.807, 2.05) is 0 Å². The quantitative estimate of drug-likeness (QED) is 0.871. The average molecular weight is 333 g/mol. The molecule has 0 aliphatic heterocycles. The highest BCUT2D eigenvalue weighted by molar-refractivity contribution is 9.10. The first kappa shape index (κ1) is 14.0. The molecule has 0 radical (unpaired) electrons. The molecule has 4 nitrogen and oxygen atoms in total. The van der Waals surface area contributed by atoms with E-state index in [-0.39, 0.29) is 10.3 Å². The van der Waals surface area contributed by atoms with Crippen molar-refractivity contribution in [1.82, 2.24) is 9.71 Å². The van der Waals surface area contributed by atoms with Gasteiger partial charge in [0.1, 0.15) is 4.90 Å². The molecule has 0 unspecified atom stereocenters. The molecule has 1 saturated carbocycles. The lowest BCUT2D eigenvalue weighted by molar-refractivity contribution is 0.449. The number of rotatable bonds is 6. The van der Waals surface area contributed by atoms with Crippen molar-refractivity contribution in [2.75, 3.05) is 6.54 Å². The van der Waals surface area contributed by atoms with Crippen LogP contribution in [0.5, 0.6) is 0 Å². The molecule has 100 valence electrons. The van der Waals surface area contributed by atoms with Crippen LogP contribution in [0.1, 0.15) is 32.6 Å². The second-order valence-electron chi connectivity index (χ2n) is 4.91. The van der Waals surface area contributed by atoms with E-state index in [4.69, 9.17) is 0 Å². The highest BCUT2D eigenvalue weighted by Crippen LogP contribution is 2.49. The number of nitrogens with one attached hydrogen (secondary N) is 1. The molecular formula is C12H17BrN2O2S. The topological polar surface area (TPSA) is 59.1 Å². The van der Waals surface area contributed by atoms with Gasteiger partial charge < -0.3 is 0 Å². The number of pyridine rings is 1. The summed E-state index contributed by atoms with van der Waals surface area (Å²) in [5.74, 6) is 0. The van der Waals surface area contributed by atoms with Crippen molar-refractivity contribution in [3.63, 3.8) is 0 Å². The van der Waals surface area contributed by atoms with Crippen LogP contribution in [0, 0.1) is 5.41 Å². The summed E-state index contributed by atoms with van der Waals surface area (Å²) in [5, 5.41) is 0. The molecule has 0 atom stereocenters. The van der Waals surface area contributed by atoms with Gasteiger partial charge in [-0.25, -0.2) is 13.1 Å². The van der Waals surface area contributed by atoms with Crippen LogP contribution in [-0.2, 0) is 10.0 Å². The van der Waals surface area contributed by atoms with E-state index in [1.54, 1.807) is 12.3 Å². The Morgan fingerprint density at radius 1 is 1.44 bits per heavy atom. The van der Waals surface area contributed by atoms with Gasteiger partial charge in [-0.3, -0.25) is 4.98 Å². The van der Waals surface area contributed by atoms with E-state index in [9.17, 15) is 8.42 Å². The third-order valence-corrected chi connectivity index (χ3v) is 5.17. The van der Waals surface area contributed by atoms with E-state index in [0.29, 0.717) is 11.0 Å². The largest absolute Gasteiger partial charge is 0.262 e. The molecular weight excluding hydrogens is 316 g/mol. The fourth-order valence-electron chi connectivity index (χ4n) is 2.09. The molecule has 0 bridgehead atoms. The lowest BCUT2D eigenvalue weighted by atomic mass is 10.0. The van der Waals surface area contributed by atoms with Crippen LogP contribution in [0.15, 0.2) is 27.8 Å². The minimum atomic E-state index is -3.44. The van der Waals surface area contributed by atoms with Gasteiger partial charge in [-0.05, 0) is 46.7 Å². The third kappa shape index (κ3) is 3.30. The first-order chi connectivity index (χ1) is 8.47. The van der Waals surface area contributed by atoms with Crippen molar-refractivity contribution in [2.24, 2.45) is 5.41 Å². The number of sulfonamides is 1. The van der Waals surface area contributed by atoms with E-state index in [0.717, 1.165) is 25.7 Å². The summed E-state index contributed by atoms with van der Waals surface area (Å²) in [6.07, 6.45) is 7.37. The van der Waals surface area contributed by atoms with Crippen molar-refractivity contribution < 1.29 is 8.42 Å². The highest BCUT2D eigenvalue weighted by atomic mass is 79.9. The lowest BCUT2D eigenvalue weighted by Gasteiger charge is -2.15. The van der Waals surface area contributed by atoms with Gasteiger partial charge in [-0.15, -0.1) is 0 Å². The minimum Gasteiger partial charge on any atom is -0.262 e. The van der Waals surface area contributed by atoms with Gasteiger partial charge in [0.2, 0.25) is 10.0 Å². The molecule has 6 heteroatoms. The van der Waals surface area contributed by atoms with E-state index in [2.05, 4.69) is 32.6 Å². The van der Waals surface area contributed by atoms with Crippen LogP contribution in [0.4, 0.5) is 0 Å². The fourth-order valence-corrected chi connectivity index (χ4v) is 3.75. The standard InChI is InChI=1S/C12H17BrN2O2S/c1-2-3-12(4-5-12)9-15-18(16,17)11-6-10(13)7-14-8-11/h6-8,15H,2-5,9H2,1H3. The van der Waals surface area contributed by atoms with Crippen molar-refractivity contribution >= 4 is 26.0 Å². The molecule has 1 aliphatic rings. The number of aromatic nitrogens is 1. The van der Waals surface area contributed by atoms with E-state index >= 15 is 0 Å². The summed E-state index contributed by atoms with van der Waals surface area (Å²) in [4.78, 5) is 4.09. The molecule has 1 heterocycles. The Balaban J connectivity index is 2.04. The zero-order chi connectivity index (χ0) is 13.2. The van der Waals surface area contributed by atoms with Crippen LogP contribution in [-0.4, -0.2) is 19.9 Å². The SMILES string of the molecule is CCCC1(CNS(=O)(=O)c2cncc(Br)c2)CC1. The molecule has 1 aliphatic carbocycles. The minimum absolute atomic E-state index is 0.210. The number of hydrogen-bond acceptors (Lipinski definition) is 3. The van der Waals surface area contributed by atoms with Crippen molar-refractivity contribution in [3.8, 4) is 0 Å². The van der Waals surface area contributed by atoms with Crippen LogP contribution in [0.25, 0.3) is 0 Å². The molecule has 0 aromatic carbocycles. The predicted molar refractivity (Wildman–Crippen MR) is 73.7 cm³/mol. The molecule has 0 amide bonds. The monoisotopic (exact) mass is 332 g/mol. The lowest BCUT2D eigenvalue weighted by Crippen LogP contribution is -2.30. The first-order valence-electron chi connectivity index (χ1n) is 6.08. The van der Waals surface area contributed by atoms with Gasteiger partial charge in [-0.2, -0.15) is 0 Å². The molecule has 1 aromatic rings. The second kappa shape index (κ2) is 5.27. The first-order valence-corrected chi connectivity index (χ1v) is 8.35. The van der Waals surface area contributed by atoms with Gasteiger partial charge in [0, 0.05) is 23.4 Å². The smallest absolute Gasteiger partial charge is 0.242 e. The maximum absolute atomic E-state index is 12.1.